The van der Waals surface area contributed by atoms with E-state index in [-0.39, 0.29) is 0 Å². The first-order valence-electron chi connectivity index (χ1n) is 17.7. The van der Waals surface area contributed by atoms with E-state index in [9.17, 15) is 10.2 Å². The second-order valence-electron chi connectivity index (χ2n) is 13.5. The van der Waals surface area contributed by atoms with E-state index >= 15 is 0 Å². The smallest absolute Gasteiger partial charge is 0.141 e. The van der Waals surface area contributed by atoms with Gasteiger partial charge in [-0.15, -0.1) is 0 Å². The van der Waals surface area contributed by atoms with Gasteiger partial charge in [0.25, 0.3) is 0 Å². The Balaban J connectivity index is 1.14. The zero-order valence-electron chi connectivity index (χ0n) is 28.5. The monoisotopic (exact) mass is 668 g/mol. The van der Waals surface area contributed by atoms with Crippen molar-refractivity contribution >= 4 is 0 Å². The van der Waals surface area contributed by atoms with Gasteiger partial charge in [0.1, 0.15) is 11.2 Å². The van der Waals surface area contributed by atoms with Crippen molar-refractivity contribution in [3.63, 3.8) is 0 Å². The molecule has 2 N–H and O–H groups in total. The second kappa shape index (κ2) is 12.8. The van der Waals surface area contributed by atoms with Gasteiger partial charge in [-0.25, -0.2) is 0 Å². The molecule has 9 rings (SSSR count). The molecule has 1 aliphatic rings. The van der Waals surface area contributed by atoms with Gasteiger partial charge >= 0.3 is 0 Å². The molecule has 0 saturated carbocycles. The Kier molecular flexibility index (Phi) is 7.78. The Morgan fingerprint density at radius 1 is 0.231 bits per heavy atom. The highest BCUT2D eigenvalue weighted by Crippen LogP contribution is 2.53. The molecule has 0 saturated heterocycles. The third-order valence-electron chi connectivity index (χ3n) is 10.7. The van der Waals surface area contributed by atoms with Gasteiger partial charge in [0.2, 0.25) is 0 Å². The third kappa shape index (κ3) is 5.04. The lowest BCUT2D eigenvalue weighted by atomic mass is 9.63. The summed E-state index contributed by atoms with van der Waals surface area (Å²) >= 11 is 0. The lowest BCUT2D eigenvalue weighted by Gasteiger charge is -2.45. The van der Waals surface area contributed by atoms with Crippen molar-refractivity contribution in [1.29, 1.82) is 0 Å². The maximum Gasteiger partial charge on any atom is 0.141 e. The molecular formula is C50H36O2. The SMILES string of the molecule is OC1(c2ccc(-c3ccccc3-c3ccccc3)cc2)c2ccccc2C(O)(c2ccc(-c3ccccc3-c3ccccc3)cc2)c2ccccc21. The first-order valence-corrected chi connectivity index (χ1v) is 17.7. The minimum Gasteiger partial charge on any atom is -0.376 e. The average molecular weight is 669 g/mol. The van der Waals surface area contributed by atoms with Crippen LogP contribution in [0, 0.1) is 0 Å². The maximum atomic E-state index is 13.0. The van der Waals surface area contributed by atoms with Gasteiger partial charge < -0.3 is 10.2 Å². The highest BCUT2D eigenvalue weighted by atomic mass is 16.3. The fraction of sp³-hybridized carbons (Fsp3) is 0.0400. The molecule has 0 fully saturated rings. The second-order valence-corrected chi connectivity index (χ2v) is 13.5. The number of fused-ring (bicyclic) bond motifs is 2. The van der Waals surface area contributed by atoms with Crippen molar-refractivity contribution in [2.24, 2.45) is 0 Å². The van der Waals surface area contributed by atoms with E-state index in [1.807, 2.05) is 84.9 Å². The van der Waals surface area contributed by atoms with Gasteiger partial charge in [-0.2, -0.15) is 0 Å². The Labute approximate surface area is 304 Å². The standard InChI is InChI=1S/C50H36O2/c51-49(39-31-27-37(28-32-39)43-21-9-7-19-41(43)35-15-3-1-4-16-35)45-23-11-13-25-47(45)50(52,48-26-14-12-24-46(48)49)40-33-29-38(30-34-40)44-22-10-8-20-42(44)36-17-5-2-6-18-36/h1-34,51-52H. The fourth-order valence-corrected chi connectivity index (χ4v) is 8.13. The van der Waals surface area contributed by atoms with E-state index in [1.165, 1.54) is 0 Å². The van der Waals surface area contributed by atoms with Crippen LogP contribution in [0.15, 0.2) is 206 Å². The Morgan fingerprint density at radius 2 is 0.462 bits per heavy atom. The van der Waals surface area contributed by atoms with Crippen molar-refractivity contribution in [3.8, 4) is 44.5 Å². The molecule has 0 atom stereocenters. The number of hydrogen-bond donors (Lipinski definition) is 2. The fourth-order valence-electron chi connectivity index (χ4n) is 8.13. The molecule has 0 heterocycles. The molecule has 8 aromatic rings. The van der Waals surface area contributed by atoms with Crippen molar-refractivity contribution in [1.82, 2.24) is 0 Å². The topological polar surface area (TPSA) is 40.5 Å². The molecule has 1 aliphatic carbocycles. The number of hydrogen-bond acceptors (Lipinski definition) is 2. The van der Waals surface area contributed by atoms with Gasteiger partial charge in [-0.1, -0.05) is 206 Å². The van der Waals surface area contributed by atoms with Gasteiger partial charge in [-0.3, -0.25) is 0 Å². The van der Waals surface area contributed by atoms with E-state index in [4.69, 9.17) is 0 Å². The summed E-state index contributed by atoms with van der Waals surface area (Å²) in [6, 6.07) is 69.6. The summed E-state index contributed by atoms with van der Waals surface area (Å²) in [7, 11) is 0. The van der Waals surface area contributed by atoms with Crippen LogP contribution in [0.5, 0.6) is 0 Å². The van der Waals surface area contributed by atoms with Crippen LogP contribution in [0.2, 0.25) is 0 Å². The summed E-state index contributed by atoms with van der Waals surface area (Å²) < 4.78 is 0. The first kappa shape index (κ1) is 31.6. The van der Waals surface area contributed by atoms with Crippen LogP contribution >= 0.6 is 0 Å². The lowest BCUT2D eigenvalue weighted by Crippen LogP contribution is -2.44. The normalized spacial score (nSPS) is 17.6. The molecular weight excluding hydrogens is 633 g/mol. The summed E-state index contributed by atoms with van der Waals surface area (Å²) in [4.78, 5) is 0. The van der Waals surface area contributed by atoms with E-state index in [1.54, 1.807) is 0 Å². The molecule has 0 unspecified atom stereocenters. The molecule has 2 nitrogen and oxygen atoms in total. The van der Waals surface area contributed by atoms with Crippen LogP contribution in [-0.2, 0) is 11.2 Å². The van der Waals surface area contributed by atoms with Gasteiger partial charge in [0.15, 0.2) is 0 Å². The molecule has 0 bridgehead atoms. The molecule has 248 valence electrons. The summed E-state index contributed by atoms with van der Waals surface area (Å²) in [5.41, 5.74) is 10.1. The molecule has 52 heavy (non-hydrogen) atoms. The predicted octanol–water partition coefficient (Wildman–Crippen LogP) is 11.2. The summed E-state index contributed by atoms with van der Waals surface area (Å²) in [6.07, 6.45) is 0. The predicted molar refractivity (Wildman–Crippen MR) is 212 cm³/mol. The molecule has 2 heteroatoms. The Hall–Kier alpha value is -6.32. The third-order valence-corrected chi connectivity index (χ3v) is 10.7. The van der Waals surface area contributed by atoms with Crippen LogP contribution in [0.4, 0.5) is 0 Å². The van der Waals surface area contributed by atoms with Crippen molar-refractivity contribution < 1.29 is 10.2 Å². The number of aliphatic hydroxyl groups is 2. The van der Waals surface area contributed by atoms with E-state index in [2.05, 4.69) is 121 Å². The molecule has 0 amide bonds. The number of benzene rings is 8. The van der Waals surface area contributed by atoms with Gasteiger partial charge in [-0.05, 0) is 77.9 Å². The summed E-state index contributed by atoms with van der Waals surface area (Å²) in [5.74, 6) is 0. The van der Waals surface area contributed by atoms with E-state index in [0.29, 0.717) is 22.3 Å². The van der Waals surface area contributed by atoms with Crippen LogP contribution in [-0.4, -0.2) is 10.2 Å². The molecule has 8 aromatic carbocycles. The number of rotatable bonds is 6. The molecule has 0 spiro atoms. The van der Waals surface area contributed by atoms with Crippen molar-refractivity contribution in [2.75, 3.05) is 0 Å². The average Bonchev–Trinajstić information content (AvgIpc) is 3.23. The van der Waals surface area contributed by atoms with Crippen LogP contribution in [0.1, 0.15) is 33.4 Å². The van der Waals surface area contributed by atoms with Gasteiger partial charge in [0.05, 0.1) is 0 Å². The summed E-state index contributed by atoms with van der Waals surface area (Å²) in [5, 5.41) is 26.1. The van der Waals surface area contributed by atoms with Crippen LogP contribution < -0.4 is 0 Å². The first-order chi connectivity index (χ1) is 25.6. The Bertz CT molecular complexity index is 2290. The minimum atomic E-state index is -1.49. The largest absolute Gasteiger partial charge is 0.376 e. The zero-order chi connectivity index (χ0) is 35.1. The van der Waals surface area contributed by atoms with E-state index < -0.39 is 11.2 Å². The molecule has 0 aliphatic heterocycles. The Morgan fingerprint density at radius 3 is 0.750 bits per heavy atom. The highest BCUT2D eigenvalue weighted by Gasteiger charge is 2.50. The lowest BCUT2D eigenvalue weighted by molar-refractivity contribution is 0.0748. The van der Waals surface area contributed by atoms with Crippen molar-refractivity contribution in [2.45, 2.75) is 11.2 Å². The molecule has 0 aromatic heterocycles. The zero-order valence-corrected chi connectivity index (χ0v) is 28.5. The summed E-state index contributed by atoms with van der Waals surface area (Å²) in [6.45, 7) is 0. The van der Waals surface area contributed by atoms with Crippen LogP contribution in [0.3, 0.4) is 0 Å². The van der Waals surface area contributed by atoms with Crippen LogP contribution in [0.25, 0.3) is 44.5 Å². The minimum absolute atomic E-state index is 0.659. The quantitative estimate of drug-likeness (QED) is 0.185. The van der Waals surface area contributed by atoms with Crippen molar-refractivity contribution in [3.05, 3.63) is 240 Å². The van der Waals surface area contributed by atoms with Gasteiger partial charge in [0, 0.05) is 0 Å². The highest BCUT2D eigenvalue weighted by molar-refractivity contribution is 5.85. The van der Waals surface area contributed by atoms with E-state index in [0.717, 1.165) is 55.6 Å². The molecule has 0 radical (unpaired) electrons. The maximum absolute atomic E-state index is 13.0.